The Balaban J connectivity index is 1.60. The van der Waals surface area contributed by atoms with Gasteiger partial charge in [-0.25, -0.2) is 13.1 Å². The highest BCUT2D eigenvalue weighted by atomic mass is 79.9. The number of rotatable bonds is 10. The van der Waals surface area contributed by atoms with Crippen molar-refractivity contribution < 1.29 is 17.9 Å². The molecule has 140 valence electrons. The van der Waals surface area contributed by atoms with E-state index >= 15 is 0 Å². The van der Waals surface area contributed by atoms with Crippen LogP contribution >= 0.6 is 15.9 Å². The van der Waals surface area contributed by atoms with Crippen molar-refractivity contribution in [1.29, 1.82) is 0 Å². The SMILES string of the molecule is O=C(CCCOc1ccccc1)NCCNS(=O)(=O)c1ccc(Br)cc1. The number of halogens is 1. The van der Waals surface area contributed by atoms with Crippen molar-refractivity contribution in [3.05, 3.63) is 59.1 Å². The van der Waals surface area contributed by atoms with Crippen LogP contribution in [-0.2, 0) is 14.8 Å². The van der Waals surface area contributed by atoms with Gasteiger partial charge in [-0.2, -0.15) is 0 Å². The highest BCUT2D eigenvalue weighted by Crippen LogP contribution is 2.14. The monoisotopic (exact) mass is 440 g/mol. The summed E-state index contributed by atoms with van der Waals surface area (Å²) in [5, 5.41) is 2.69. The number of sulfonamides is 1. The van der Waals surface area contributed by atoms with Gasteiger partial charge in [-0.3, -0.25) is 4.79 Å². The molecular formula is C18H21BrN2O4S. The predicted octanol–water partition coefficient (Wildman–Crippen LogP) is 2.70. The maximum Gasteiger partial charge on any atom is 0.240 e. The number of para-hydroxylation sites is 1. The first-order valence-electron chi connectivity index (χ1n) is 8.17. The highest BCUT2D eigenvalue weighted by Gasteiger charge is 2.12. The maximum atomic E-state index is 12.1. The molecule has 0 aliphatic heterocycles. The van der Waals surface area contributed by atoms with E-state index in [1.165, 1.54) is 12.1 Å². The molecule has 1 amide bonds. The first-order chi connectivity index (χ1) is 12.5. The van der Waals surface area contributed by atoms with Crippen LogP contribution in [0.5, 0.6) is 5.75 Å². The number of amides is 1. The van der Waals surface area contributed by atoms with Gasteiger partial charge in [-0.15, -0.1) is 0 Å². The summed E-state index contributed by atoms with van der Waals surface area (Å²) in [5.41, 5.74) is 0. The molecule has 0 spiro atoms. The summed E-state index contributed by atoms with van der Waals surface area (Å²) < 4.78 is 32.9. The fourth-order valence-electron chi connectivity index (χ4n) is 2.11. The molecular weight excluding hydrogens is 420 g/mol. The Morgan fingerprint density at radius 3 is 2.38 bits per heavy atom. The van der Waals surface area contributed by atoms with Gasteiger partial charge in [0.15, 0.2) is 0 Å². The van der Waals surface area contributed by atoms with Gasteiger partial charge >= 0.3 is 0 Å². The number of nitrogens with one attached hydrogen (secondary N) is 2. The summed E-state index contributed by atoms with van der Waals surface area (Å²) in [6.45, 7) is 0.812. The van der Waals surface area contributed by atoms with Gasteiger partial charge in [-0.05, 0) is 42.8 Å². The zero-order chi connectivity index (χ0) is 18.8. The first kappa shape index (κ1) is 20.4. The van der Waals surface area contributed by atoms with E-state index in [0.717, 1.165) is 10.2 Å². The van der Waals surface area contributed by atoms with Crippen molar-refractivity contribution in [2.75, 3.05) is 19.7 Å². The van der Waals surface area contributed by atoms with Gasteiger partial charge in [0.05, 0.1) is 11.5 Å². The number of carbonyl (C=O) groups excluding carboxylic acids is 1. The number of hydrogen-bond donors (Lipinski definition) is 2. The molecule has 2 N–H and O–H groups in total. The molecule has 0 aliphatic carbocycles. The third-order valence-electron chi connectivity index (χ3n) is 3.42. The summed E-state index contributed by atoms with van der Waals surface area (Å²) >= 11 is 3.26. The number of ether oxygens (including phenoxy) is 1. The zero-order valence-corrected chi connectivity index (χ0v) is 16.6. The van der Waals surface area contributed by atoms with Crippen molar-refractivity contribution in [3.8, 4) is 5.75 Å². The molecule has 0 saturated heterocycles. The van der Waals surface area contributed by atoms with Crippen LogP contribution in [0.1, 0.15) is 12.8 Å². The smallest absolute Gasteiger partial charge is 0.240 e. The van der Waals surface area contributed by atoms with Gasteiger partial charge < -0.3 is 10.1 Å². The molecule has 8 heteroatoms. The maximum absolute atomic E-state index is 12.1. The fraction of sp³-hybridized carbons (Fsp3) is 0.278. The third-order valence-corrected chi connectivity index (χ3v) is 5.43. The van der Waals surface area contributed by atoms with Crippen LogP contribution in [0, 0.1) is 0 Å². The van der Waals surface area contributed by atoms with Crippen LogP contribution < -0.4 is 14.8 Å². The molecule has 0 aliphatic rings. The van der Waals surface area contributed by atoms with E-state index in [0.29, 0.717) is 19.4 Å². The summed E-state index contributed by atoms with van der Waals surface area (Å²) in [6, 6.07) is 15.7. The molecule has 0 radical (unpaired) electrons. The van der Waals surface area contributed by atoms with Crippen LogP contribution in [0.3, 0.4) is 0 Å². The normalized spacial score (nSPS) is 11.1. The zero-order valence-electron chi connectivity index (χ0n) is 14.2. The minimum absolute atomic E-state index is 0.130. The van der Waals surface area contributed by atoms with Crippen LogP contribution in [-0.4, -0.2) is 34.0 Å². The summed E-state index contributed by atoms with van der Waals surface area (Å²) in [4.78, 5) is 11.9. The van der Waals surface area contributed by atoms with Crippen molar-refractivity contribution in [2.45, 2.75) is 17.7 Å². The quantitative estimate of drug-likeness (QED) is 0.556. The Labute approximate surface area is 162 Å². The lowest BCUT2D eigenvalue weighted by atomic mass is 10.3. The molecule has 0 heterocycles. The average molecular weight is 441 g/mol. The van der Waals surface area contributed by atoms with Gasteiger partial charge in [0.25, 0.3) is 0 Å². The molecule has 0 bridgehead atoms. The van der Waals surface area contributed by atoms with Crippen molar-refractivity contribution in [2.24, 2.45) is 0 Å². The van der Waals surface area contributed by atoms with Crippen LogP contribution in [0.25, 0.3) is 0 Å². The Hall–Kier alpha value is -1.90. The molecule has 26 heavy (non-hydrogen) atoms. The predicted molar refractivity (Wildman–Crippen MR) is 104 cm³/mol. The summed E-state index contributed by atoms with van der Waals surface area (Å²) in [7, 11) is -3.57. The Morgan fingerprint density at radius 2 is 1.69 bits per heavy atom. The summed E-state index contributed by atoms with van der Waals surface area (Å²) in [6.07, 6.45) is 0.914. The van der Waals surface area contributed by atoms with Crippen LogP contribution in [0.4, 0.5) is 0 Å². The number of hydrogen-bond acceptors (Lipinski definition) is 4. The molecule has 0 unspecified atom stereocenters. The molecule has 0 saturated carbocycles. The Bertz CT molecular complexity index is 796. The standard InChI is InChI=1S/C18H21BrN2O4S/c19-15-8-10-17(11-9-15)26(23,24)21-13-12-20-18(22)7-4-14-25-16-5-2-1-3-6-16/h1-3,5-6,8-11,21H,4,7,12-14H2,(H,20,22). The van der Waals surface area contributed by atoms with Gasteiger partial charge in [-0.1, -0.05) is 34.1 Å². The van der Waals surface area contributed by atoms with E-state index in [1.807, 2.05) is 30.3 Å². The van der Waals surface area contributed by atoms with Crippen molar-refractivity contribution >= 4 is 31.9 Å². The van der Waals surface area contributed by atoms with Gasteiger partial charge in [0.1, 0.15) is 5.75 Å². The Morgan fingerprint density at radius 1 is 1.00 bits per heavy atom. The average Bonchev–Trinajstić information content (AvgIpc) is 2.64. The fourth-order valence-corrected chi connectivity index (χ4v) is 3.41. The summed E-state index contributed by atoms with van der Waals surface area (Å²) in [5.74, 6) is 0.639. The second-order valence-electron chi connectivity index (χ2n) is 5.47. The third kappa shape index (κ3) is 7.15. The van der Waals surface area contributed by atoms with E-state index in [9.17, 15) is 13.2 Å². The van der Waals surface area contributed by atoms with E-state index in [1.54, 1.807) is 12.1 Å². The second kappa shape index (κ2) is 10.3. The van der Waals surface area contributed by atoms with Crippen molar-refractivity contribution in [3.63, 3.8) is 0 Å². The molecule has 0 atom stereocenters. The van der Waals surface area contributed by atoms with Crippen molar-refractivity contribution in [1.82, 2.24) is 10.0 Å². The van der Waals surface area contributed by atoms with E-state index in [2.05, 4.69) is 26.0 Å². The van der Waals surface area contributed by atoms with Gasteiger partial charge in [0, 0.05) is 24.0 Å². The highest BCUT2D eigenvalue weighted by molar-refractivity contribution is 9.10. The lowest BCUT2D eigenvalue weighted by Gasteiger charge is -2.09. The molecule has 6 nitrogen and oxygen atoms in total. The largest absolute Gasteiger partial charge is 0.494 e. The topological polar surface area (TPSA) is 84.5 Å². The molecule has 0 fully saturated rings. The first-order valence-corrected chi connectivity index (χ1v) is 10.4. The van der Waals surface area contributed by atoms with Crippen LogP contribution in [0.15, 0.2) is 64.0 Å². The molecule has 2 aromatic carbocycles. The van der Waals surface area contributed by atoms with E-state index in [-0.39, 0.29) is 23.9 Å². The molecule has 0 aromatic heterocycles. The van der Waals surface area contributed by atoms with E-state index < -0.39 is 10.0 Å². The molecule has 2 aromatic rings. The van der Waals surface area contributed by atoms with E-state index in [4.69, 9.17) is 4.74 Å². The second-order valence-corrected chi connectivity index (χ2v) is 8.15. The minimum atomic E-state index is -3.57. The van der Waals surface area contributed by atoms with Gasteiger partial charge in [0.2, 0.25) is 15.9 Å². The molecule has 2 rings (SSSR count). The lowest BCUT2D eigenvalue weighted by molar-refractivity contribution is -0.121. The Kier molecular flexibility index (Phi) is 8.08. The number of benzene rings is 2. The minimum Gasteiger partial charge on any atom is -0.494 e. The lowest BCUT2D eigenvalue weighted by Crippen LogP contribution is -2.34. The van der Waals surface area contributed by atoms with Crippen LogP contribution in [0.2, 0.25) is 0 Å². The number of carbonyl (C=O) groups is 1.